The van der Waals surface area contributed by atoms with Gasteiger partial charge in [0.25, 0.3) is 0 Å². The van der Waals surface area contributed by atoms with Crippen molar-refractivity contribution >= 4 is 0 Å². The Morgan fingerprint density at radius 3 is 2.00 bits per heavy atom. The van der Waals surface area contributed by atoms with Crippen molar-refractivity contribution in [3.63, 3.8) is 0 Å². The first-order valence-electron chi connectivity index (χ1n) is 11.2. The Hall–Kier alpha value is -2.58. The molecule has 6 nitrogen and oxygen atoms in total. The molecule has 0 aliphatic carbocycles. The lowest BCUT2D eigenvalue weighted by atomic mass is 10.1. The molecule has 172 valence electrons. The molecule has 0 radical (unpaired) electrons. The summed E-state index contributed by atoms with van der Waals surface area (Å²) in [5.41, 5.74) is 2.95. The van der Waals surface area contributed by atoms with Crippen LogP contribution in [-0.2, 0) is 47.6 Å². The van der Waals surface area contributed by atoms with Gasteiger partial charge in [-0.15, -0.1) is 0 Å². The minimum absolute atomic E-state index is 0.335. The highest BCUT2D eigenvalue weighted by Crippen LogP contribution is 2.45. The number of methoxy groups -OCH3 is 1. The molecule has 0 amide bonds. The van der Waals surface area contributed by atoms with E-state index in [2.05, 4.69) is 0 Å². The topological polar surface area (TPSA) is 55.4 Å². The van der Waals surface area contributed by atoms with Crippen molar-refractivity contribution in [2.45, 2.75) is 43.8 Å². The smallest absolute Gasteiger partial charge is 0.314 e. The van der Waals surface area contributed by atoms with E-state index in [4.69, 9.17) is 28.4 Å². The van der Waals surface area contributed by atoms with Crippen molar-refractivity contribution in [2.75, 3.05) is 13.7 Å². The van der Waals surface area contributed by atoms with Gasteiger partial charge in [0.15, 0.2) is 6.29 Å². The van der Waals surface area contributed by atoms with Crippen LogP contribution in [0.15, 0.2) is 91.0 Å². The van der Waals surface area contributed by atoms with E-state index in [1.54, 1.807) is 7.11 Å². The van der Waals surface area contributed by atoms with E-state index < -0.39 is 18.4 Å². The Bertz CT molecular complexity index is 999. The van der Waals surface area contributed by atoms with E-state index in [1.807, 2.05) is 91.0 Å². The van der Waals surface area contributed by atoms with Crippen LogP contribution in [0.5, 0.6) is 0 Å². The molecule has 5 rings (SSSR count). The van der Waals surface area contributed by atoms with E-state index in [0.29, 0.717) is 19.8 Å². The molecule has 6 heteroatoms. The molecule has 3 aromatic carbocycles. The van der Waals surface area contributed by atoms with Crippen LogP contribution in [0.25, 0.3) is 0 Å². The Balaban J connectivity index is 1.30. The summed E-state index contributed by atoms with van der Waals surface area (Å²) in [5.74, 6) is -1.33. The Morgan fingerprint density at radius 2 is 1.36 bits per heavy atom. The summed E-state index contributed by atoms with van der Waals surface area (Å²) in [7, 11) is 1.56. The molecule has 1 unspecified atom stereocenters. The van der Waals surface area contributed by atoms with Gasteiger partial charge in [0.1, 0.15) is 18.3 Å². The largest absolute Gasteiger partial charge is 0.374 e. The van der Waals surface area contributed by atoms with E-state index >= 15 is 0 Å². The van der Waals surface area contributed by atoms with Gasteiger partial charge in [-0.05, 0) is 11.1 Å². The number of ether oxygens (including phenoxy) is 6. The van der Waals surface area contributed by atoms with Gasteiger partial charge in [0.05, 0.1) is 19.8 Å². The Kier molecular flexibility index (Phi) is 6.83. The maximum atomic E-state index is 6.35. The normalized spacial score (nSPS) is 28.6. The van der Waals surface area contributed by atoms with Gasteiger partial charge in [-0.2, -0.15) is 0 Å². The maximum absolute atomic E-state index is 6.35. The molecule has 33 heavy (non-hydrogen) atoms. The van der Waals surface area contributed by atoms with E-state index in [0.717, 1.165) is 16.7 Å². The van der Waals surface area contributed by atoms with Gasteiger partial charge in [0, 0.05) is 12.7 Å². The fourth-order valence-electron chi connectivity index (χ4n) is 4.23. The summed E-state index contributed by atoms with van der Waals surface area (Å²) in [6, 6.07) is 29.7. The predicted molar refractivity (Wildman–Crippen MR) is 121 cm³/mol. The molecule has 3 aromatic rings. The second kappa shape index (κ2) is 10.1. The third kappa shape index (κ3) is 4.87. The number of hydrogen-bond acceptors (Lipinski definition) is 6. The second-order valence-corrected chi connectivity index (χ2v) is 8.13. The second-order valence-electron chi connectivity index (χ2n) is 8.13. The van der Waals surface area contributed by atoms with E-state index in [1.165, 1.54) is 0 Å². The molecule has 0 N–H and O–H groups in total. The van der Waals surface area contributed by atoms with Gasteiger partial charge in [-0.3, -0.25) is 4.74 Å². The van der Waals surface area contributed by atoms with Crippen molar-refractivity contribution in [2.24, 2.45) is 0 Å². The Morgan fingerprint density at radius 1 is 0.758 bits per heavy atom. The van der Waals surface area contributed by atoms with Crippen molar-refractivity contribution in [1.29, 1.82) is 0 Å². The molecular weight excluding hydrogens is 420 g/mol. The zero-order chi connectivity index (χ0) is 22.5. The molecule has 2 saturated heterocycles. The van der Waals surface area contributed by atoms with Crippen molar-refractivity contribution < 1.29 is 28.4 Å². The first-order valence-corrected chi connectivity index (χ1v) is 11.2. The van der Waals surface area contributed by atoms with Gasteiger partial charge in [-0.1, -0.05) is 91.0 Å². The average molecular weight is 449 g/mol. The van der Waals surface area contributed by atoms with Gasteiger partial charge in [-0.25, -0.2) is 0 Å². The molecule has 0 spiro atoms. The number of fused-ring (bicyclic) bond motifs is 1. The summed E-state index contributed by atoms with van der Waals surface area (Å²) in [6.07, 6.45) is -1.81. The summed E-state index contributed by atoms with van der Waals surface area (Å²) in [5, 5.41) is 0. The summed E-state index contributed by atoms with van der Waals surface area (Å²) < 4.78 is 36.8. The highest BCUT2D eigenvalue weighted by molar-refractivity contribution is 5.20. The summed E-state index contributed by atoms with van der Waals surface area (Å²) in [6.45, 7) is 1.29. The quantitative estimate of drug-likeness (QED) is 0.484. The lowest BCUT2D eigenvalue weighted by Gasteiger charge is -2.30. The number of rotatable bonds is 9. The molecule has 2 aliphatic heterocycles. The third-order valence-electron chi connectivity index (χ3n) is 5.90. The zero-order valence-electron chi connectivity index (χ0n) is 18.5. The molecule has 2 aliphatic rings. The van der Waals surface area contributed by atoms with Gasteiger partial charge in [0.2, 0.25) is 0 Å². The van der Waals surface area contributed by atoms with Gasteiger partial charge < -0.3 is 23.7 Å². The lowest BCUT2D eigenvalue weighted by Crippen LogP contribution is -2.40. The molecule has 0 bridgehead atoms. The fourth-order valence-corrected chi connectivity index (χ4v) is 4.23. The minimum atomic E-state index is -1.33. The van der Waals surface area contributed by atoms with E-state index in [-0.39, 0.29) is 12.2 Å². The van der Waals surface area contributed by atoms with E-state index in [9.17, 15) is 0 Å². The summed E-state index contributed by atoms with van der Waals surface area (Å²) >= 11 is 0. The van der Waals surface area contributed by atoms with Crippen LogP contribution in [-0.4, -0.2) is 38.3 Å². The SMILES string of the molecule is COC1(c2ccccc2)O[C@H]2O[C@H](COCc3ccccc3)[C@@H](OCc3ccccc3)[C@H]2O1. The fraction of sp³-hybridized carbons (Fsp3) is 0.333. The average Bonchev–Trinajstić information content (AvgIpc) is 3.40. The lowest BCUT2D eigenvalue weighted by molar-refractivity contribution is -0.368. The maximum Gasteiger partial charge on any atom is 0.314 e. The van der Waals surface area contributed by atoms with Crippen LogP contribution < -0.4 is 0 Å². The highest BCUT2D eigenvalue weighted by atomic mass is 16.9. The molecular formula is C27H28O6. The third-order valence-corrected chi connectivity index (χ3v) is 5.90. The highest BCUT2D eigenvalue weighted by Gasteiger charge is 2.59. The first-order chi connectivity index (χ1) is 16.3. The first kappa shape index (κ1) is 22.2. The number of benzene rings is 3. The van der Waals surface area contributed by atoms with Crippen LogP contribution >= 0.6 is 0 Å². The van der Waals surface area contributed by atoms with Crippen LogP contribution in [0, 0.1) is 0 Å². The summed E-state index contributed by atoms with van der Waals surface area (Å²) in [4.78, 5) is 0. The van der Waals surface area contributed by atoms with Crippen LogP contribution in [0.2, 0.25) is 0 Å². The molecule has 2 heterocycles. The van der Waals surface area contributed by atoms with Crippen LogP contribution in [0.3, 0.4) is 0 Å². The van der Waals surface area contributed by atoms with Gasteiger partial charge >= 0.3 is 5.97 Å². The standard InChI is InChI=1S/C27H28O6/c1-28-27(22-15-9-4-10-16-22)32-25-24(30-18-21-13-7-3-8-14-21)23(31-26(25)33-27)19-29-17-20-11-5-2-6-12-20/h2-16,23-26H,17-19H2,1H3/t23-,24-,25-,26-,27?/m1/s1. The van der Waals surface area contributed by atoms with Crippen molar-refractivity contribution in [1.82, 2.24) is 0 Å². The zero-order valence-corrected chi connectivity index (χ0v) is 18.5. The molecule has 0 saturated carbocycles. The molecule has 2 fully saturated rings. The molecule has 5 atom stereocenters. The van der Waals surface area contributed by atoms with Crippen LogP contribution in [0.1, 0.15) is 16.7 Å². The predicted octanol–water partition coefficient (Wildman–Crippen LogP) is 4.39. The number of hydrogen-bond donors (Lipinski definition) is 0. The minimum Gasteiger partial charge on any atom is -0.374 e. The Labute approximate surface area is 193 Å². The monoisotopic (exact) mass is 448 g/mol. The van der Waals surface area contributed by atoms with Crippen LogP contribution in [0.4, 0.5) is 0 Å². The molecule has 0 aromatic heterocycles. The van der Waals surface area contributed by atoms with Crippen molar-refractivity contribution in [3.05, 3.63) is 108 Å². The van der Waals surface area contributed by atoms with Crippen molar-refractivity contribution in [3.8, 4) is 0 Å².